The van der Waals surface area contributed by atoms with Gasteiger partial charge in [0.05, 0.1) is 6.54 Å². The van der Waals surface area contributed by atoms with Crippen LogP contribution in [0.4, 0.5) is 18.0 Å². The van der Waals surface area contributed by atoms with Gasteiger partial charge >= 0.3 is 18.2 Å². The quantitative estimate of drug-likeness (QED) is 0.783. The molecule has 2 rings (SSSR count). The molecular formula is C18H20F3NO5. The maximum absolute atomic E-state index is 12.3. The molecular weight excluding hydrogens is 367 g/mol. The van der Waals surface area contributed by atoms with E-state index in [0.717, 1.165) is 0 Å². The minimum Gasteiger partial charge on any atom is -0.458 e. The zero-order chi connectivity index (χ0) is 20.4. The van der Waals surface area contributed by atoms with Crippen molar-refractivity contribution >= 4 is 23.0 Å². The van der Waals surface area contributed by atoms with E-state index in [-0.39, 0.29) is 17.7 Å². The molecule has 1 aromatic carbocycles. The molecule has 0 aliphatic heterocycles. The maximum Gasteiger partial charge on any atom is 0.422 e. The number of nitrogens with one attached hydrogen (secondary N) is 1. The predicted molar refractivity (Wildman–Crippen MR) is 90.4 cm³/mol. The zero-order valence-corrected chi connectivity index (χ0v) is 15.3. The second-order valence-electron chi connectivity index (χ2n) is 6.99. The van der Waals surface area contributed by atoms with E-state index in [1.165, 1.54) is 6.07 Å². The molecule has 0 radical (unpaired) electrons. The molecule has 0 unspecified atom stereocenters. The summed E-state index contributed by atoms with van der Waals surface area (Å²) in [6.07, 6.45) is -5.27. The summed E-state index contributed by atoms with van der Waals surface area (Å²) in [5.74, 6) is -0.826. The number of alkyl carbamates (subject to hydrolysis) is 1. The van der Waals surface area contributed by atoms with E-state index < -0.39 is 30.4 Å². The number of ether oxygens (including phenoxy) is 2. The fraction of sp³-hybridized carbons (Fsp3) is 0.444. The van der Waals surface area contributed by atoms with Crippen molar-refractivity contribution in [2.75, 3.05) is 6.61 Å². The van der Waals surface area contributed by atoms with Crippen LogP contribution in [0, 0.1) is 6.92 Å². The number of hydrogen-bond donors (Lipinski definition) is 1. The first-order valence-electron chi connectivity index (χ1n) is 8.08. The lowest BCUT2D eigenvalue weighted by molar-refractivity contribution is -0.161. The number of esters is 1. The second kappa shape index (κ2) is 7.50. The average molecular weight is 387 g/mol. The number of carbonyl (C=O) groups excluding carboxylic acids is 2. The molecule has 9 heteroatoms. The van der Waals surface area contributed by atoms with Crippen LogP contribution >= 0.6 is 0 Å². The molecule has 0 aliphatic carbocycles. The van der Waals surface area contributed by atoms with Gasteiger partial charge in [-0.25, -0.2) is 9.59 Å². The monoisotopic (exact) mass is 387 g/mol. The molecule has 148 valence electrons. The van der Waals surface area contributed by atoms with Gasteiger partial charge in [0.25, 0.3) is 0 Å². The normalized spacial score (nSPS) is 12.1. The molecule has 1 N–H and O–H groups in total. The summed E-state index contributed by atoms with van der Waals surface area (Å²) in [7, 11) is 0. The van der Waals surface area contributed by atoms with Gasteiger partial charge in [-0.1, -0.05) is 0 Å². The third kappa shape index (κ3) is 6.19. The van der Waals surface area contributed by atoms with Crippen molar-refractivity contribution in [2.24, 2.45) is 0 Å². The van der Waals surface area contributed by atoms with Crippen LogP contribution in [-0.2, 0) is 16.0 Å². The number of hydrogen-bond acceptors (Lipinski definition) is 5. The van der Waals surface area contributed by atoms with Gasteiger partial charge in [0.1, 0.15) is 22.5 Å². The van der Waals surface area contributed by atoms with Crippen molar-refractivity contribution in [1.29, 1.82) is 0 Å². The van der Waals surface area contributed by atoms with E-state index >= 15 is 0 Å². The molecule has 0 saturated heterocycles. The second-order valence-corrected chi connectivity index (χ2v) is 6.99. The van der Waals surface area contributed by atoms with Crippen LogP contribution in [0.25, 0.3) is 11.0 Å². The number of fused-ring (bicyclic) bond motifs is 1. The number of rotatable bonds is 4. The predicted octanol–water partition coefficient (Wildman–Crippen LogP) is 4.49. The summed E-state index contributed by atoms with van der Waals surface area (Å²) < 4.78 is 51.8. The highest BCUT2D eigenvalue weighted by Gasteiger charge is 2.30. The van der Waals surface area contributed by atoms with Crippen molar-refractivity contribution < 1.29 is 36.7 Å². The Morgan fingerprint density at radius 2 is 1.81 bits per heavy atom. The van der Waals surface area contributed by atoms with Gasteiger partial charge in [0.15, 0.2) is 6.61 Å². The Morgan fingerprint density at radius 1 is 1.15 bits per heavy atom. The highest BCUT2D eigenvalue weighted by molar-refractivity contribution is 6.02. The van der Waals surface area contributed by atoms with E-state index in [1.807, 2.05) is 0 Å². The summed E-state index contributed by atoms with van der Waals surface area (Å²) in [5, 5.41) is 3.01. The summed E-state index contributed by atoms with van der Waals surface area (Å²) in [4.78, 5) is 23.7. The van der Waals surface area contributed by atoms with Crippen LogP contribution in [0.1, 0.15) is 42.5 Å². The lowest BCUT2D eigenvalue weighted by Crippen LogP contribution is -2.32. The van der Waals surface area contributed by atoms with E-state index in [2.05, 4.69) is 10.1 Å². The van der Waals surface area contributed by atoms with Gasteiger partial charge in [0.2, 0.25) is 0 Å². The van der Waals surface area contributed by atoms with Crippen LogP contribution in [0.3, 0.4) is 0 Å². The van der Waals surface area contributed by atoms with Crippen LogP contribution < -0.4 is 5.32 Å². The lowest BCUT2D eigenvalue weighted by Gasteiger charge is -2.19. The Morgan fingerprint density at radius 3 is 2.41 bits per heavy atom. The van der Waals surface area contributed by atoms with Crippen molar-refractivity contribution in [1.82, 2.24) is 5.32 Å². The fourth-order valence-electron chi connectivity index (χ4n) is 2.29. The van der Waals surface area contributed by atoms with Crippen molar-refractivity contribution in [3.63, 3.8) is 0 Å². The smallest absolute Gasteiger partial charge is 0.422 e. The molecule has 1 aromatic heterocycles. The highest BCUT2D eigenvalue weighted by atomic mass is 19.4. The van der Waals surface area contributed by atoms with E-state index in [0.29, 0.717) is 16.7 Å². The molecule has 1 amide bonds. The fourth-order valence-corrected chi connectivity index (χ4v) is 2.29. The van der Waals surface area contributed by atoms with Crippen molar-refractivity contribution in [3.8, 4) is 0 Å². The summed E-state index contributed by atoms with van der Waals surface area (Å²) in [6, 6.07) is 4.67. The molecule has 0 bridgehead atoms. The molecule has 0 atom stereocenters. The number of benzene rings is 1. The largest absolute Gasteiger partial charge is 0.458 e. The van der Waals surface area contributed by atoms with E-state index in [4.69, 9.17) is 9.15 Å². The standard InChI is InChI=1S/C18H20F3NO5/c1-10-5-11-7-12(8-22-16(24)27-17(2,3)4)26-14(11)13(6-10)15(23)25-9-18(19,20)21/h5-7H,8-9H2,1-4H3,(H,22,24). The molecule has 0 fully saturated rings. The zero-order valence-electron chi connectivity index (χ0n) is 15.3. The van der Waals surface area contributed by atoms with E-state index in [9.17, 15) is 22.8 Å². The Balaban J connectivity index is 2.18. The minimum atomic E-state index is -4.62. The maximum atomic E-state index is 12.3. The van der Waals surface area contributed by atoms with Crippen molar-refractivity contribution in [2.45, 2.75) is 46.0 Å². The number of amides is 1. The average Bonchev–Trinajstić information content (AvgIpc) is 2.90. The van der Waals surface area contributed by atoms with Crippen LogP contribution in [0.15, 0.2) is 22.6 Å². The van der Waals surface area contributed by atoms with Gasteiger partial charge in [-0.3, -0.25) is 0 Å². The Labute approximate surface area is 153 Å². The first-order chi connectivity index (χ1) is 12.3. The molecule has 0 spiro atoms. The van der Waals surface area contributed by atoms with Crippen LogP contribution in [0.2, 0.25) is 0 Å². The van der Waals surface area contributed by atoms with Gasteiger partial charge in [0, 0.05) is 5.39 Å². The van der Waals surface area contributed by atoms with Crippen LogP contribution in [-0.4, -0.2) is 30.4 Å². The molecule has 6 nitrogen and oxygen atoms in total. The molecule has 27 heavy (non-hydrogen) atoms. The van der Waals surface area contributed by atoms with E-state index in [1.54, 1.807) is 39.8 Å². The summed E-state index contributed by atoms with van der Waals surface area (Å²) >= 11 is 0. The number of halogens is 3. The van der Waals surface area contributed by atoms with Gasteiger partial charge in [-0.2, -0.15) is 13.2 Å². The topological polar surface area (TPSA) is 77.8 Å². The first kappa shape index (κ1) is 20.6. The summed E-state index contributed by atoms with van der Waals surface area (Å²) in [6.45, 7) is 5.14. The molecule has 1 heterocycles. The molecule has 0 saturated carbocycles. The number of carbonyl (C=O) groups is 2. The van der Waals surface area contributed by atoms with Crippen molar-refractivity contribution in [3.05, 3.63) is 35.1 Å². The minimum absolute atomic E-state index is 0.0142. The lowest BCUT2D eigenvalue weighted by atomic mass is 10.1. The van der Waals surface area contributed by atoms with Gasteiger partial charge in [-0.15, -0.1) is 0 Å². The number of alkyl halides is 3. The Bertz CT molecular complexity index is 849. The third-order valence-electron chi connectivity index (χ3n) is 3.20. The number of aryl methyl sites for hydroxylation is 1. The Kier molecular flexibility index (Phi) is 5.72. The molecule has 0 aliphatic rings. The van der Waals surface area contributed by atoms with Crippen LogP contribution in [0.5, 0.6) is 0 Å². The summed E-state index contributed by atoms with van der Waals surface area (Å²) in [5.41, 5.74) is -0.0368. The first-order valence-corrected chi connectivity index (χ1v) is 8.08. The SMILES string of the molecule is Cc1cc(C(=O)OCC(F)(F)F)c2oc(CNC(=O)OC(C)(C)C)cc2c1. The van der Waals surface area contributed by atoms with Gasteiger partial charge in [-0.05, 0) is 51.5 Å². The molecule has 2 aromatic rings. The number of furan rings is 1. The Hall–Kier alpha value is -2.71. The highest BCUT2D eigenvalue weighted by Crippen LogP contribution is 2.26. The third-order valence-corrected chi connectivity index (χ3v) is 3.20. The van der Waals surface area contributed by atoms with Gasteiger partial charge < -0.3 is 19.2 Å².